The molecule has 5 rings (SSSR count). The Bertz CT molecular complexity index is 968. The number of hydrogen-bond acceptors (Lipinski definition) is 5. The van der Waals surface area contributed by atoms with Crippen molar-refractivity contribution >= 4 is 5.78 Å². The second kappa shape index (κ2) is 8.75. The number of nitrogens with zero attached hydrogens (tertiary/aromatic N) is 3. The first-order chi connectivity index (χ1) is 16.2. The molecule has 0 radical (unpaired) electrons. The van der Waals surface area contributed by atoms with Gasteiger partial charge in [-0.3, -0.25) is 9.48 Å². The minimum absolute atomic E-state index is 0.120. The number of methoxy groups -OCH3 is 1. The lowest BCUT2D eigenvalue weighted by atomic mass is 9.44. The first kappa shape index (κ1) is 24.0. The Morgan fingerprint density at radius 1 is 1.18 bits per heavy atom. The number of carbonyl (C=O) groups excluding carboxylic acids is 1. The Labute approximate surface area is 204 Å². The van der Waals surface area contributed by atoms with Crippen LogP contribution in [0.1, 0.15) is 83.6 Å². The predicted octanol–water partition coefficient (Wildman–Crippen LogP) is 4.75. The van der Waals surface area contributed by atoms with Gasteiger partial charge in [0.05, 0.1) is 24.0 Å². The average molecular weight is 468 g/mol. The molecule has 0 aromatic carbocycles. The number of aromatic nitrogens is 2. The largest absolute Gasteiger partial charge is 0.387 e. The monoisotopic (exact) mass is 467 g/mol. The average Bonchev–Trinajstić information content (AvgIpc) is 3.42. The zero-order valence-corrected chi connectivity index (χ0v) is 21.1. The third kappa shape index (κ3) is 3.84. The van der Waals surface area contributed by atoms with Gasteiger partial charge in [0, 0.05) is 32.2 Å². The zero-order chi connectivity index (χ0) is 24.1. The maximum absolute atomic E-state index is 13.4. The Hall–Kier alpha value is -1.71. The van der Waals surface area contributed by atoms with Gasteiger partial charge < -0.3 is 9.84 Å². The predicted molar refractivity (Wildman–Crippen MR) is 129 cm³/mol. The summed E-state index contributed by atoms with van der Waals surface area (Å²) in [5.41, 5.74) is 0.327. The molecular weight excluding hydrogens is 426 g/mol. The van der Waals surface area contributed by atoms with E-state index in [1.807, 2.05) is 0 Å². The van der Waals surface area contributed by atoms with Gasteiger partial charge in [-0.25, -0.2) is 0 Å². The molecule has 4 fully saturated rings. The third-order valence-electron chi connectivity index (χ3n) is 11.0. The van der Waals surface area contributed by atoms with Gasteiger partial charge in [-0.2, -0.15) is 10.4 Å². The SMILES string of the molecule is COC[C@@]1(O)CC[C@@]2(C)[C@H](CC[C@@H]3[C@@H]2CC[C@]2(C)[C@@H](C(=O)CCn4cc(C#N)cn4)CC[C@@H]32)C1. The summed E-state index contributed by atoms with van der Waals surface area (Å²) in [4.78, 5) is 13.4. The summed E-state index contributed by atoms with van der Waals surface area (Å²) < 4.78 is 7.10. The van der Waals surface area contributed by atoms with Crippen LogP contribution in [-0.4, -0.2) is 40.0 Å². The van der Waals surface area contributed by atoms with Gasteiger partial charge in [0.1, 0.15) is 11.9 Å². The minimum atomic E-state index is -0.650. The normalized spacial score (nSPS) is 43.4. The third-order valence-corrected chi connectivity index (χ3v) is 11.0. The molecule has 1 aromatic heterocycles. The van der Waals surface area contributed by atoms with Gasteiger partial charge in [0.15, 0.2) is 0 Å². The molecule has 4 aliphatic carbocycles. The molecule has 6 heteroatoms. The van der Waals surface area contributed by atoms with Crippen LogP contribution in [0.25, 0.3) is 0 Å². The molecule has 8 atom stereocenters. The van der Waals surface area contributed by atoms with Crippen molar-refractivity contribution in [2.75, 3.05) is 13.7 Å². The van der Waals surface area contributed by atoms with Gasteiger partial charge in [0.2, 0.25) is 0 Å². The number of fused-ring (bicyclic) bond motifs is 5. The smallest absolute Gasteiger partial charge is 0.138 e. The lowest BCUT2D eigenvalue weighted by Gasteiger charge is -2.62. The van der Waals surface area contributed by atoms with Crippen molar-refractivity contribution in [2.24, 2.45) is 40.4 Å². The number of aliphatic hydroxyl groups is 1. The second-order valence-electron chi connectivity index (χ2n) is 12.5. The number of nitriles is 1. The van der Waals surface area contributed by atoms with E-state index in [2.05, 4.69) is 25.0 Å². The van der Waals surface area contributed by atoms with Crippen LogP contribution >= 0.6 is 0 Å². The van der Waals surface area contributed by atoms with Crippen LogP contribution < -0.4 is 0 Å². The fourth-order valence-corrected chi connectivity index (χ4v) is 9.19. The van der Waals surface area contributed by atoms with Gasteiger partial charge in [-0.15, -0.1) is 0 Å². The van der Waals surface area contributed by atoms with E-state index in [0.717, 1.165) is 43.9 Å². The summed E-state index contributed by atoms with van der Waals surface area (Å²) in [7, 11) is 1.70. The molecular formula is C28H41N3O3. The number of aryl methyl sites for hydroxylation is 1. The van der Waals surface area contributed by atoms with Crippen molar-refractivity contribution < 1.29 is 14.6 Å². The summed E-state index contributed by atoms with van der Waals surface area (Å²) in [6.07, 6.45) is 13.7. The fraction of sp³-hybridized carbons (Fsp3) is 0.821. The second-order valence-corrected chi connectivity index (χ2v) is 12.5. The Balaban J connectivity index is 1.27. The van der Waals surface area contributed by atoms with Gasteiger partial charge in [0.25, 0.3) is 0 Å². The molecule has 0 bridgehead atoms. The fourth-order valence-electron chi connectivity index (χ4n) is 9.19. The number of ether oxygens (including phenoxy) is 1. The van der Waals surface area contributed by atoms with Crippen molar-refractivity contribution in [1.82, 2.24) is 9.78 Å². The number of rotatable bonds is 6. The molecule has 186 valence electrons. The van der Waals surface area contributed by atoms with Gasteiger partial charge >= 0.3 is 0 Å². The Morgan fingerprint density at radius 3 is 2.71 bits per heavy atom. The van der Waals surface area contributed by atoms with E-state index in [-0.39, 0.29) is 11.3 Å². The van der Waals surface area contributed by atoms with E-state index in [1.54, 1.807) is 24.2 Å². The number of hydrogen-bond donors (Lipinski definition) is 1. The van der Waals surface area contributed by atoms with Crippen LogP contribution in [0, 0.1) is 51.8 Å². The number of carbonyl (C=O) groups is 1. The number of Topliss-reactive ketones (excluding diaryl/α,β-unsaturated/α-hetero) is 1. The molecule has 0 unspecified atom stereocenters. The van der Waals surface area contributed by atoms with E-state index in [4.69, 9.17) is 10.00 Å². The molecule has 0 saturated heterocycles. The summed E-state index contributed by atoms with van der Waals surface area (Å²) in [6.45, 7) is 5.95. The molecule has 34 heavy (non-hydrogen) atoms. The summed E-state index contributed by atoms with van der Waals surface area (Å²) in [6, 6.07) is 2.10. The molecule has 1 aromatic rings. The highest BCUT2D eigenvalue weighted by molar-refractivity contribution is 5.82. The molecule has 4 aliphatic rings. The molecule has 6 nitrogen and oxygen atoms in total. The standard InChI is InChI=1S/C28H41N3O3/c1-26-11-12-28(33,18-34-3)14-20(26)4-5-21-22-6-7-24(27(22,2)10-8-23(21)26)25(32)9-13-31-17-19(15-29)16-30-31/h16-17,20-24,33H,4-14,18H2,1-3H3/t20-,21+,22+,23+,24-,26+,27+,28-/m1/s1. The van der Waals surface area contributed by atoms with Crippen molar-refractivity contribution in [3.05, 3.63) is 18.0 Å². The molecule has 0 amide bonds. The van der Waals surface area contributed by atoms with Crippen LogP contribution in [0.2, 0.25) is 0 Å². The molecule has 1 N–H and O–H groups in total. The highest BCUT2D eigenvalue weighted by atomic mass is 16.5. The molecule has 1 heterocycles. The van der Waals surface area contributed by atoms with E-state index >= 15 is 0 Å². The highest BCUT2D eigenvalue weighted by Gasteiger charge is 2.62. The summed E-state index contributed by atoms with van der Waals surface area (Å²) >= 11 is 0. The van der Waals surface area contributed by atoms with E-state index in [1.165, 1.54) is 25.7 Å². The summed E-state index contributed by atoms with van der Waals surface area (Å²) in [5.74, 6) is 3.22. The van der Waals surface area contributed by atoms with Crippen molar-refractivity contribution in [1.29, 1.82) is 5.26 Å². The molecule has 0 aliphatic heterocycles. The van der Waals surface area contributed by atoms with Crippen LogP contribution in [0.4, 0.5) is 0 Å². The van der Waals surface area contributed by atoms with Crippen LogP contribution in [-0.2, 0) is 16.1 Å². The van der Waals surface area contributed by atoms with Crippen LogP contribution in [0.3, 0.4) is 0 Å². The van der Waals surface area contributed by atoms with E-state index in [9.17, 15) is 9.90 Å². The van der Waals surface area contributed by atoms with Crippen molar-refractivity contribution in [2.45, 2.75) is 90.2 Å². The topological polar surface area (TPSA) is 88.1 Å². The maximum atomic E-state index is 13.4. The quantitative estimate of drug-likeness (QED) is 0.652. The Kier molecular flexibility index (Phi) is 6.18. The highest BCUT2D eigenvalue weighted by Crippen LogP contribution is 2.68. The van der Waals surface area contributed by atoms with Crippen LogP contribution in [0.5, 0.6) is 0 Å². The summed E-state index contributed by atoms with van der Waals surface area (Å²) in [5, 5.41) is 24.3. The van der Waals surface area contributed by atoms with E-state index in [0.29, 0.717) is 48.2 Å². The van der Waals surface area contributed by atoms with Gasteiger partial charge in [-0.1, -0.05) is 13.8 Å². The van der Waals surface area contributed by atoms with E-state index < -0.39 is 5.60 Å². The first-order valence-corrected chi connectivity index (χ1v) is 13.4. The Morgan fingerprint density at radius 2 is 1.97 bits per heavy atom. The maximum Gasteiger partial charge on any atom is 0.138 e. The molecule has 0 spiro atoms. The molecule has 4 saturated carbocycles. The van der Waals surface area contributed by atoms with Crippen LogP contribution in [0.15, 0.2) is 12.4 Å². The van der Waals surface area contributed by atoms with Crippen molar-refractivity contribution in [3.63, 3.8) is 0 Å². The van der Waals surface area contributed by atoms with Gasteiger partial charge in [-0.05, 0) is 92.3 Å². The minimum Gasteiger partial charge on any atom is -0.387 e. The first-order valence-electron chi connectivity index (χ1n) is 13.4. The lowest BCUT2D eigenvalue weighted by Crippen LogP contribution is -2.56. The lowest BCUT2D eigenvalue weighted by molar-refractivity contribution is -0.164. The zero-order valence-electron chi connectivity index (χ0n) is 21.1. The van der Waals surface area contributed by atoms with Crippen molar-refractivity contribution in [3.8, 4) is 6.07 Å². The number of ketones is 1.